The van der Waals surface area contributed by atoms with Crippen LogP contribution in [0.3, 0.4) is 0 Å². The third kappa shape index (κ3) is 7.98. The highest BCUT2D eigenvalue weighted by molar-refractivity contribution is 8.00. The van der Waals surface area contributed by atoms with Gasteiger partial charge >= 0.3 is 5.51 Å². The highest BCUT2D eigenvalue weighted by Crippen LogP contribution is 2.29. The maximum atomic E-state index is 12.1. The van der Waals surface area contributed by atoms with Crippen LogP contribution in [0.4, 0.5) is 13.2 Å². The Bertz CT molecular complexity index is 452. The molecular formula is C15H20F3NOS2. The Balaban J connectivity index is 2.40. The van der Waals surface area contributed by atoms with Crippen LogP contribution in [0, 0.1) is 5.92 Å². The van der Waals surface area contributed by atoms with Gasteiger partial charge in [0.15, 0.2) is 0 Å². The third-order valence-electron chi connectivity index (χ3n) is 2.80. The van der Waals surface area contributed by atoms with E-state index in [0.717, 1.165) is 5.56 Å². The molecule has 0 fully saturated rings. The lowest BCUT2D eigenvalue weighted by molar-refractivity contribution is -0.121. The number of hydrogen-bond donors (Lipinski definition) is 1. The molecule has 0 aliphatic carbocycles. The van der Waals surface area contributed by atoms with E-state index in [1.165, 1.54) is 11.8 Å². The lowest BCUT2D eigenvalue weighted by Gasteiger charge is -2.20. The molecule has 1 atom stereocenters. The van der Waals surface area contributed by atoms with Crippen molar-refractivity contribution in [3.63, 3.8) is 0 Å². The van der Waals surface area contributed by atoms with Gasteiger partial charge in [0.05, 0.1) is 5.25 Å². The van der Waals surface area contributed by atoms with E-state index in [4.69, 9.17) is 0 Å². The van der Waals surface area contributed by atoms with Crippen molar-refractivity contribution in [3.8, 4) is 0 Å². The van der Waals surface area contributed by atoms with E-state index in [-0.39, 0.29) is 41.1 Å². The van der Waals surface area contributed by atoms with Gasteiger partial charge in [0, 0.05) is 18.1 Å². The molecule has 1 N–H and O–H groups in total. The van der Waals surface area contributed by atoms with Crippen molar-refractivity contribution in [1.29, 1.82) is 0 Å². The van der Waals surface area contributed by atoms with Crippen LogP contribution in [-0.4, -0.2) is 29.0 Å². The number of benzene rings is 1. The number of carbonyl (C=O) groups is 1. The van der Waals surface area contributed by atoms with Crippen LogP contribution in [0.1, 0.15) is 19.4 Å². The minimum absolute atomic E-state index is 0.0259. The Morgan fingerprint density at radius 2 is 1.86 bits per heavy atom. The van der Waals surface area contributed by atoms with Gasteiger partial charge in [-0.2, -0.15) is 13.2 Å². The number of amides is 1. The predicted octanol–water partition coefficient (Wildman–Crippen LogP) is 4.31. The fourth-order valence-corrected chi connectivity index (χ4v) is 3.39. The molecule has 2 nitrogen and oxygen atoms in total. The molecule has 0 saturated carbocycles. The average molecular weight is 351 g/mol. The second-order valence-corrected chi connectivity index (χ2v) is 7.34. The zero-order valence-electron chi connectivity index (χ0n) is 12.5. The van der Waals surface area contributed by atoms with E-state index in [2.05, 4.69) is 5.32 Å². The summed E-state index contributed by atoms with van der Waals surface area (Å²) in [5.41, 5.74) is -3.12. The topological polar surface area (TPSA) is 29.1 Å². The minimum Gasteiger partial charge on any atom is -0.354 e. The van der Waals surface area contributed by atoms with Crippen molar-refractivity contribution in [1.82, 2.24) is 5.32 Å². The van der Waals surface area contributed by atoms with E-state index in [1.54, 1.807) is 0 Å². The first kappa shape index (κ1) is 19.2. The molecule has 1 rings (SSSR count). The highest BCUT2D eigenvalue weighted by atomic mass is 32.2. The third-order valence-corrected chi connectivity index (χ3v) is 5.16. The molecule has 124 valence electrons. The maximum Gasteiger partial charge on any atom is 0.441 e. The average Bonchev–Trinajstić information content (AvgIpc) is 2.43. The molecule has 0 unspecified atom stereocenters. The Morgan fingerprint density at radius 3 is 2.41 bits per heavy atom. The SMILES string of the molecule is CC(C)[C@@H](SCc1ccccc1)C(=O)NCCSC(F)(F)F. The normalized spacial score (nSPS) is 13.2. The van der Waals surface area contributed by atoms with Crippen molar-refractivity contribution >= 4 is 29.4 Å². The number of nitrogens with one attached hydrogen (secondary N) is 1. The zero-order chi connectivity index (χ0) is 16.6. The molecule has 0 bridgehead atoms. The second-order valence-electron chi connectivity index (χ2n) is 5.05. The molecule has 0 aliphatic rings. The van der Waals surface area contributed by atoms with E-state index >= 15 is 0 Å². The molecule has 7 heteroatoms. The molecule has 0 saturated heterocycles. The van der Waals surface area contributed by atoms with Gasteiger partial charge in [-0.15, -0.1) is 11.8 Å². The molecule has 1 aromatic rings. The van der Waals surface area contributed by atoms with Crippen LogP contribution < -0.4 is 5.32 Å². The van der Waals surface area contributed by atoms with Gasteiger partial charge in [0.25, 0.3) is 0 Å². The molecule has 0 aromatic heterocycles. The molecule has 1 amide bonds. The highest BCUT2D eigenvalue weighted by Gasteiger charge is 2.28. The lowest BCUT2D eigenvalue weighted by Crippen LogP contribution is -2.37. The molecule has 0 radical (unpaired) electrons. The first-order valence-electron chi connectivity index (χ1n) is 6.93. The fourth-order valence-electron chi connectivity index (χ4n) is 1.77. The molecular weight excluding hydrogens is 331 g/mol. The Morgan fingerprint density at radius 1 is 1.23 bits per heavy atom. The summed E-state index contributed by atoms with van der Waals surface area (Å²) in [6, 6.07) is 9.78. The smallest absolute Gasteiger partial charge is 0.354 e. The van der Waals surface area contributed by atoms with Crippen molar-refractivity contribution in [3.05, 3.63) is 35.9 Å². The van der Waals surface area contributed by atoms with Crippen LogP contribution in [0.5, 0.6) is 0 Å². The summed E-state index contributed by atoms with van der Waals surface area (Å²) in [6.07, 6.45) is 0. The van der Waals surface area contributed by atoms with Crippen molar-refractivity contribution in [2.45, 2.75) is 30.4 Å². The summed E-state index contributed by atoms with van der Waals surface area (Å²) in [4.78, 5) is 12.1. The van der Waals surface area contributed by atoms with Crippen molar-refractivity contribution in [2.75, 3.05) is 12.3 Å². The van der Waals surface area contributed by atoms with Crippen LogP contribution in [0.2, 0.25) is 0 Å². The van der Waals surface area contributed by atoms with Crippen LogP contribution in [-0.2, 0) is 10.5 Å². The number of hydrogen-bond acceptors (Lipinski definition) is 3. The molecule has 22 heavy (non-hydrogen) atoms. The van der Waals surface area contributed by atoms with Gasteiger partial charge in [-0.3, -0.25) is 4.79 Å². The van der Waals surface area contributed by atoms with Gasteiger partial charge in [-0.25, -0.2) is 0 Å². The summed E-state index contributed by atoms with van der Waals surface area (Å²) < 4.78 is 36.1. The van der Waals surface area contributed by atoms with Gasteiger partial charge in [0.2, 0.25) is 5.91 Å². The number of halogens is 3. The minimum atomic E-state index is -4.25. The lowest BCUT2D eigenvalue weighted by atomic mass is 10.1. The van der Waals surface area contributed by atoms with Gasteiger partial charge in [0.1, 0.15) is 0 Å². The summed E-state index contributed by atoms with van der Waals surface area (Å²) in [7, 11) is 0. The number of thioether (sulfide) groups is 2. The van der Waals surface area contributed by atoms with Crippen molar-refractivity contribution < 1.29 is 18.0 Å². The summed E-state index contributed by atoms with van der Waals surface area (Å²) >= 11 is 1.40. The van der Waals surface area contributed by atoms with Crippen LogP contribution >= 0.6 is 23.5 Å². The Kier molecular flexibility index (Phi) is 8.17. The number of alkyl halides is 3. The summed E-state index contributed by atoms with van der Waals surface area (Å²) in [6.45, 7) is 3.90. The standard InChI is InChI=1S/C15H20F3NOS2/c1-11(2)13(21-10-12-6-4-3-5-7-12)14(20)19-8-9-22-15(16,17)18/h3-7,11,13H,8-10H2,1-2H3,(H,19,20)/t13-/m1/s1. The zero-order valence-corrected chi connectivity index (χ0v) is 14.2. The predicted molar refractivity (Wildman–Crippen MR) is 87.9 cm³/mol. The molecule has 0 spiro atoms. The summed E-state index contributed by atoms with van der Waals surface area (Å²) in [5.74, 6) is 0.459. The van der Waals surface area contributed by atoms with Crippen LogP contribution in [0.15, 0.2) is 30.3 Å². The second kappa shape index (κ2) is 9.35. The van der Waals surface area contributed by atoms with Gasteiger partial charge in [-0.05, 0) is 23.2 Å². The Labute approximate surface area is 137 Å². The first-order chi connectivity index (χ1) is 10.3. The van der Waals surface area contributed by atoms with E-state index in [0.29, 0.717) is 5.75 Å². The van der Waals surface area contributed by atoms with E-state index < -0.39 is 5.51 Å². The fraction of sp³-hybridized carbons (Fsp3) is 0.533. The first-order valence-corrected chi connectivity index (χ1v) is 8.97. The molecule has 0 aliphatic heterocycles. The van der Waals surface area contributed by atoms with Crippen LogP contribution in [0.25, 0.3) is 0 Å². The Hall–Kier alpha value is -0.820. The quantitative estimate of drug-likeness (QED) is 0.708. The monoisotopic (exact) mass is 351 g/mol. The summed E-state index contributed by atoms with van der Waals surface area (Å²) in [5, 5.41) is 2.32. The molecule has 1 aromatic carbocycles. The number of rotatable bonds is 8. The largest absolute Gasteiger partial charge is 0.441 e. The molecule has 0 heterocycles. The maximum absolute atomic E-state index is 12.1. The number of carbonyl (C=O) groups excluding carboxylic acids is 1. The van der Waals surface area contributed by atoms with E-state index in [1.807, 2.05) is 44.2 Å². The van der Waals surface area contributed by atoms with E-state index in [9.17, 15) is 18.0 Å². The van der Waals surface area contributed by atoms with Gasteiger partial charge in [-0.1, -0.05) is 44.2 Å². The van der Waals surface area contributed by atoms with Crippen molar-refractivity contribution in [2.24, 2.45) is 5.92 Å². The van der Waals surface area contributed by atoms with Gasteiger partial charge < -0.3 is 5.32 Å².